The smallest absolute Gasteiger partial charge is 0.0172 e. The predicted octanol–water partition coefficient (Wildman–Crippen LogP) is 2.27. The van der Waals surface area contributed by atoms with E-state index in [4.69, 9.17) is 0 Å². The number of hydrogen-bond donors (Lipinski definition) is 1. The van der Waals surface area contributed by atoms with E-state index in [0.717, 1.165) is 11.2 Å². The molecule has 1 saturated heterocycles. The number of hydrogen-bond acceptors (Lipinski definition) is 2. The van der Waals surface area contributed by atoms with Gasteiger partial charge in [0.15, 0.2) is 0 Å². The Hall–Kier alpha value is 0.310. The van der Waals surface area contributed by atoms with Crippen molar-refractivity contribution in [1.82, 2.24) is 5.32 Å². The summed E-state index contributed by atoms with van der Waals surface area (Å²) in [6.45, 7) is 2.55. The highest BCUT2D eigenvalue weighted by Crippen LogP contribution is 2.28. The average Bonchev–Trinajstić information content (AvgIpc) is 2.90. The van der Waals surface area contributed by atoms with E-state index < -0.39 is 0 Å². The van der Waals surface area contributed by atoms with E-state index in [2.05, 4.69) is 17.1 Å². The maximum absolute atomic E-state index is 3.60. The van der Waals surface area contributed by atoms with Gasteiger partial charge in [-0.1, -0.05) is 6.42 Å². The fourth-order valence-corrected chi connectivity index (χ4v) is 3.01. The van der Waals surface area contributed by atoms with Gasteiger partial charge in [0.2, 0.25) is 0 Å². The summed E-state index contributed by atoms with van der Waals surface area (Å²) in [6, 6.07) is 0. The molecule has 1 unspecified atom stereocenters. The summed E-state index contributed by atoms with van der Waals surface area (Å²) < 4.78 is 0. The molecule has 1 nitrogen and oxygen atoms in total. The van der Waals surface area contributed by atoms with E-state index in [1.54, 1.807) is 0 Å². The SMILES string of the molecule is C1CCC(CNCC2CC2)SC1. The first-order valence-corrected chi connectivity index (χ1v) is 6.32. The molecular weight excluding hydrogens is 166 g/mol. The highest BCUT2D eigenvalue weighted by molar-refractivity contribution is 7.99. The summed E-state index contributed by atoms with van der Waals surface area (Å²) in [6.07, 6.45) is 7.31. The highest BCUT2D eigenvalue weighted by atomic mass is 32.2. The van der Waals surface area contributed by atoms with Crippen LogP contribution in [0.1, 0.15) is 32.1 Å². The minimum absolute atomic E-state index is 0.928. The van der Waals surface area contributed by atoms with Gasteiger partial charge in [0.05, 0.1) is 0 Å². The van der Waals surface area contributed by atoms with Gasteiger partial charge in [0.1, 0.15) is 0 Å². The van der Waals surface area contributed by atoms with Gasteiger partial charge >= 0.3 is 0 Å². The second kappa shape index (κ2) is 4.52. The Morgan fingerprint density at radius 2 is 2.00 bits per heavy atom. The normalized spacial score (nSPS) is 30.5. The van der Waals surface area contributed by atoms with Crippen molar-refractivity contribution in [2.75, 3.05) is 18.8 Å². The van der Waals surface area contributed by atoms with Crippen LogP contribution in [-0.4, -0.2) is 24.1 Å². The Labute approximate surface area is 79.7 Å². The molecule has 0 spiro atoms. The summed E-state index contributed by atoms with van der Waals surface area (Å²) in [5.74, 6) is 2.44. The average molecular weight is 185 g/mol. The Balaban J connectivity index is 1.52. The second-order valence-electron chi connectivity index (χ2n) is 4.09. The zero-order chi connectivity index (χ0) is 8.23. The van der Waals surface area contributed by atoms with Gasteiger partial charge in [-0.2, -0.15) is 11.8 Å². The first-order chi connectivity index (χ1) is 5.95. The number of thioether (sulfide) groups is 1. The highest BCUT2D eigenvalue weighted by Gasteiger charge is 2.21. The first-order valence-electron chi connectivity index (χ1n) is 5.27. The third kappa shape index (κ3) is 2.98. The molecule has 1 atom stereocenters. The molecule has 1 saturated carbocycles. The summed E-state index contributed by atoms with van der Waals surface area (Å²) >= 11 is 2.17. The summed E-state index contributed by atoms with van der Waals surface area (Å²) in [5, 5.41) is 4.52. The molecule has 12 heavy (non-hydrogen) atoms. The molecule has 0 aromatic carbocycles. The van der Waals surface area contributed by atoms with Crippen molar-refractivity contribution in [1.29, 1.82) is 0 Å². The minimum Gasteiger partial charge on any atom is -0.315 e. The summed E-state index contributed by atoms with van der Waals surface area (Å²) in [4.78, 5) is 0. The second-order valence-corrected chi connectivity index (χ2v) is 5.50. The number of nitrogens with one attached hydrogen (secondary N) is 1. The molecule has 2 aliphatic rings. The van der Waals surface area contributed by atoms with Gasteiger partial charge in [0.25, 0.3) is 0 Å². The zero-order valence-corrected chi connectivity index (χ0v) is 8.54. The van der Waals surface area contributed by atoms with Gasteiger partial charge < -0.3 is 5.32 Å². The molecule has 2 fully saturated rings. The lowest BCUT2D eigenvalue weighted by atomic mass is 10.2. The standard InChI is InChI=1S/C10H19NS/c1-2-6-12-10(3-1)8-11-7-9-4-5-9/h9-11H,1-8H2. The molecule has 70 valence electrons. The molecule has 2 rings (SSSR count). The lowest BCUT2D eigenvalue weighted by molar-refractivity contribution is 0.579. The van der Waals surface area contributed by atoms with Crippen molar-refractivity contribution in [2.24, 2.45) is 5.92 Å². The van der Waals surface area contributed by atoms with Crippen LogP contribution in [0.5, 0.6) is 0 Å². The van der Waals surface area contributed by atoms with Crippen molar-refractivity contribution >= 4 is 11.8 Å². The Morgan fingerprint density at radius 3 is 2.67 bits per heavy atom. The maximum atomic E-state index is 3.60. The monoisotopic (exact) mass is 185 g/mol. The van der Waals surface area contributed by atoms with E-state index in [0.29, 0.717) is 0 Å². The van der Waals surface area contributed by atoms with Crippen molar-refractivity contribution in [2.45, 2.75) is 37.4 Å². The van der Waals surface area contributed by atoms with E-state index in [1.165, 1.54) is 50.9 Å². The van der Waals surface area contributed by atoms with Gasteiger partial charge in [0, 0.05) is 11.8 Å². The predicted molar refractivity (Wildman–Crippen MR) is 55.7 cm³/mol. The van der Waals surface area contributed by atoms with Crippen LogP contribution in [0.25, 0.3) is 0 Å². The summed E-state index contributed by atoms with van der Waals surface area (Å²) in [5.41, 5.74) is 0. The van der Waals surface area contributed by atoms with Gasteiger partial charge in [-0.3, -0.25) is 0 Å². The summed E-state index contributed by atoms with van der Waals surface area (Å²) in [7, 11) is 0. The van der Waals surface area contributed by atoms with Crippen LogP contribution in [0.2, 0.25) is 0 Å². The van der Waals surface area contributed by atoms with Crippen LogP contribution < -0.4 is 5.32 Å². The van der Waals surface area contributed by atoms with Gasteiger partial charge in [-0.15, -0.1) is 0 Å². The molecule has 0 aromatic rings. The molecule has 0 radical (unpaired) electrons. The van der Waals surface area contributed by atoms with Crippen LogP contribution >= 0.6 is 11.8 Å². The van der Waals surface area contributed by atoms with Crippen molar-refractivity contribution < 1.29 is 0 Å². The van der Waals surface area contributed by atoms with Crippen LogP contribution in [-0.2, 0) is 0 Å². The quantitative estimate of drug-likeness (QED) is 0.721. The molecule has 0 amide bonds. The zero-order valence-electron chi connectivity index (χ0n) is 7.72. The minimum atomic E-state index is 0.928. The molecule has 1 aliphatic carbocycles. The van der Waals surface area contributed by atoms with Crippen LogP contribution in [0.15, 0.2) is 0 Å². The molecule has 2 heteroatoms. The molecule has 1 aliphatic heterocycles. The van der Waals surface area contributed by atoms with Crippen molar-refractivity contribution in [3.05, 3.63) is 0 Å². The van der Waals surface area contributed by atoms with Gasteiger partial charge in [-0.25, -0.2) is 0 Å². The van der Waals surface area contributed by atoms with Crippen LogP contribution in [0.3, 0.4) is 0 Å². The fourth-order valence-electron chi connectivity index (χ4n) is 1.74. The van der Waals surface area contributed by atoms with Crippen LogP contribution in [0, 0.1) is 5.92 Å². The Morgan fingerprint density at radius 1 is 1.08 bits per heavy atom. The Kier molecular flexibility index (Phi) is 3.35. The lowest BCUT2D eigenvalue weighted by Crippen LogP contribution is -2.28. The third-order valence-corrected chi connectivity index (χ3v) is 4.17. The van der Waals surface area contributed by atoms with Crippen molar-refractivity contribution in [3.63, 3.8) is 0 Å². The first kappa shape index (κ1) is 8.89. The van der Waals surface area contributed by atoms with Crippen molar-refractivity contribution in [3.8, 4) is 0 Å². The fraction of sp³-hybridized carbons (Fsp3) is 1.00. The van der Waals surface area contributed by atoms with E-state index in [9.17, 15) is 0 Å². The van der Waals surface area contributed by atoms with Crippen LogP contribution in [0.4, 0.5) is 0 Å². The topological polar surface area (TPSA) is 12.0 Å². The van der Waals surface area contributed by atoms with Gasteiger partial charge in [-0.05, 0) is 43.9 Å². The molecule has 0 bridgehead atoms. The molecular formula is C10H19NS. The Bertz CT molecular complexity index is 128. The van der Waals surface area contributed by atoms with E-state index >= 15 is 0 Å². The van der Waals surface area contributed by atoms with E-state index in [1.807, 2.05) is 0 Å². The number of rotatable bonds is 4. The maximum Gasteiger partial charge on any atom is 0.0172 e. The molecule has 1 heterocycles. The van der Waals surface area contributed by atoms with E-state index in [-0.39, 0.29) is 0 Å². The lowest BCUT2D eigenvalue weighted by Gasteiger charge is -2.21. The third-order valence-electron chi connectivity index (χ3n) is 2.78. The molecule has 1 N–H and O–H groups in total. The molecule has 0 aromatic heterocycles. The largest absolute Gasteiger partial charge is 0.315 e.